The molecule has 8 nitrogen and oxygen atoms in total. The Morgan fingerprint density at radius 1 is 1.31 bits per heavy atom. The van der Waals surface area contributed by atoms with Crippen LogP contribution in [0.3, 0.4) is 0 Å². The van der Waals surface area contributed by atoms with Crippen LogP contribution in [0.5, 0.6) is 11.5 Å². The number of anilines is 1. The molecule has 1 amide bonds. The third-order valence-corrected chi connectivity index (χ3v) is 5.06. The van der Waals surface area contributed by atoms with Gasteiger partial charge in [-0.3, -0.25) is 9.48 Å². The number of aromatic nitrogens is 4. The summed E-state index contributed by atoms with van der Waals surface area (Å²) in [5.41, 5.74) is 1.20. The maximum Gasteiger partial charge on any atom is 0.234 e. The predicted molar refractivity (Wildman–Crippen MR) is 98.1 cm³/mol. The Labute approximate surface area is 157 Å². The molecule has 0 bridgehead atoms. The van der Waals surface area contributed by atoms with Crippen LogP contribution < -0.4 is 14.8 Å². The van der Waals surface area contributed by atoms with Gasteiger partial charge in [0.25, 0.3) is 0 Å². The van der Waals surface area contributed by atoms with Crippen molar-refractivity contribution in [3.05, 3.63) is 29.7 Å². The number of halogens is 1. The first kappa shape index (κ1) is 16.9. The van der Waals surface area contributed by atoms with Crippen molar-refractivity contribution in [2.75, 3.05) is 24.3 Å². The number of benzene rings is 1. The third-order valence-electron chi connectivity index (χ3n) is 3.74. The van der Waals surface area contributed by atoms with Gasteiger partial charge in [0.05, 0.1) is 28.0 Å². The number of hydrogen-bond donors (Lipinski definition) is 1. The molecular formula is C16H14ClN5O3S. The van der Waals surface area contributed by atoms with Gasteiger partial charge in [0, 0.05) is 19.2 Å². The van der Waals surface area contributed by atoms with Gasteiger partial charge in [-0.05, 0) is 0 Å². The first-order valence-electron chi connectivity index (χ1n) is 7.76. The number of aryl methyl sites for hydroxylation is 1. The second-order valence-corrected chi connectivity index (χ2v) is 6.87. The van der Waals surface area contributed by atoms with Gasteiger partial charge in [-0.25, -0.2) is 9.97 Å². The van der Waals surface area contributed by atoms with Crippen molar-refractivity contribution in [2.45, 2.75) is 5.03 Å². The number of thioether (sulfide) groups is 1. The zero-order valence-electron chi connectivity index (χ0n) is 13.7. The number of nitrogens with zero attached hydrogens (tertiary/aromatic N) is 4. The Morgan fingerprint density at radius 3 is 2.88 bits per heavy atom. The monoisotopic (exact) mass is 391 g/mol. The highest BCUT2D eigenvalue weighted by molar-refractivity contribution is 8.00. The topological polar surface area (TPSA) is 91.2 Å². The quantitative estimate of drug-likeness (QED) is 0.539. The molecule has 3 heterocycles. The SMILES string of the molecule is Cn1ncc2c(SCC(=O)Nc3cc4c(cc3Cl)OCCO4)ncnc21. The highest BCUT2D eigenvalue weighted by atomic mass is 35.5. The van der Waals surface area contributed by atoms with Gasteiger partial charge < -0.3 is 14.8 Å². The van der Waals surface area contributed by atoms with Crippen LogP contribution in [-0.2, 0) is 11.8 Å². The van der Waals surface area contributed by atoms with Crippen molar-refractivity contribution in [3.8, 4) is 11.5 Å². The number of carbonyl (C=O) groups is 1. The van der Waals surface area contributed by atoms with Crippen LogP contribution in [0.4, 0.5) is 5.69 Å². The standard InChI is InChI=1S/C16H14ClN5O3S/c1-22-15-9(6-20-22)16(19-8-18-15)26-7-14(23)21-11-5-13-12(4-10(11)17)24-2-3-25-13/h4-6,8H,2-3,7H2,1H3,(H,21,23). The lowest BCUT2D eigenvalue weighted by atomic mass is 10.2. The zero-order chi connectivity index (χ0) is 18.1. The van der Waals surface area contributed by atoms with E-state index in [1.807, 2.05) is 0 Å². The number of fused-ring (bicyclic) bond motifs is 2. The van der Waals surface area contributed by atoms with Crippen LogP contribution in [0.2, 0.25) is 5.02 Å². The average Bonchev–Trinajstić information content (AvgIpc) is 3.02. The van der Waals surface area contributed by atoms with Gasteiger partial charge in [-0.2, -0.15) is 5.10 Å². The normalized spacial score (nSPS) is 13.0. The highest BCUT2D eigenvalue weighted by Crippen LogP contribution is 2.38. The minimum absolute atomic E-state index is 0.172. The van der Waals surface area contributed by atoms with E-state index >= 15 is 0 Å². The van der Waals surface area contributed by atoms with E-state index in [0.717, 1.165) is 11.0 Å². The van der Waals surface area contributed by atoms with Crippen LogP contribution in [0.1, 0.15) is 0 Å². The number of hydrogen-bond acceptors (Lipinski definition) is 7. The summed E-state index contributed by atoms with van der Waals surface area (Å²) in [6, 6.07) is 3.31. The largest absolute Gasteiger partial charge is 0.486 e. The number of nitrogens with one attached hydrogen (secondary N) is 1. The van der Waals surface area contributed by atoms with Gasteiger partial charge >= 0.3 is 0 Å². The molecule has 1 aliphatic heterocycles. The van der Waals surface area contributed by atoms with E-state index in [9.17, 15) is 4.79 Å². The lowest BCUT2D eigenvalue weighted by Gasteiger charge is -2.20. The molecule has 0 saturated heterocycles. The van der Waals surface area contributed by atoms with E-state index in [0.29, 0.717) is 40.4 Å². The minimum Gasteiger partial charge on any atom is -0.486 e. The lowest BCUT2D eigenvalue weighted by Crippen LogP contribution is -2.17. The summed E-state index contributed by atoms with van der Waals surface area (Å²) in [5.74, 6) is 1.11. The molecule has 1 aliphatic rings. The molecule has 1 aromatic carbocycles. The van der Waals surface area contributed by atoms with Crippen molar-refractivity contribution < 1.29 is 14.3 Å². The van der Waals surface area contributed by atoms with Crippen LogP contribution >= 0.6 is 23.4 Å². The number of ether oxygens (including phenoxy) is 2. The molecule has 0 atom stereocenters. The van der Waals surface area contributed by atoms with Gasteiger partial charge in [0.1, 0.15) is 24.6 Å². The third kappa shape index (κ3) is 3.27. The number of carbonyl (C=O) groups excluding carboxylic acids is 1. The van der Waals surface area contributed by atoms with Crippen LogP contribution in [0, 0.1) is 0 Å². The Balaban J connectivity index is 1.46. The van der Waals surface area contributed by atoms with Crippen molar-refractivity contribution in [3.63, 3.8) is 0 Å². The fourth-order valence-electron chi connectivity index (χ4n) is 2.54. The van der Waals surface area contributed by atoms with E-state index in [4.69, 9.17) is 21.1 Å². The van der Waals surface area contributed by atoms with E-state index in [1.54, 1.807) is 30.1 Å². The zero-order valence-corrected chi connectivity index (χ0v) is 15.3. The second-order valence-electron chi connectivity index (χ2n) is 5.50. The molecule has 3 aromatic rings. The molecule has 4 rings (SSSR count). The Morgan fingerprint density at radius 2 is 2.08 bits per heavy atom. The summed E-state index contributed by atoms with van der Waals surface area (Å²) in [5, 5.41) is 8.86. The first-order valence-corrected chi connectivity index (χ1v) is 9.12. The fraction of sp³-hybridized carbons (Fsp3) is 0.250. The van der Waals surface area contributed by atoms with E-state index in [2.05, 4.69) is 20.4 Å². The van der Waals surface area contributed by atoms with Gasteiger partial charge in [-0.15, -0.1) is 0 Å². The van der Waals surface area contributed by atoms with Gasteiger partial charge in [0.2, 0.25) is 5.91 Å². The van der Waals surface area contributed by atoms with Crippen molar-refractivity contribution in [1.82, 2.24) is 19.7 Å². The van der Waals surface area contributed by atoms with Crippen molar-refractivity contribution in [1.29, 1.82) is 0 Å². The molecule has 0 unspecified atom stereocenters. The fourth-order valence-corrected chi connectivity index (χ4v) is 3.50. The van der Waals surface area contributed by atoms with E-state index in [-0.39, 0.29) is 11.7 Å². The van der Waals surface area contributed by atoms with Gasteiger partial charge in [0.15, 0.2) is 17.1 Å². The minimum atomic E-state index is -0.204. The van der Waals surface area contributed by atoms with Gasteiger partial charge in [-0.1, -0.05) is 23.4 Å². The summed E-state index contributed by atoms with van der Waals surface area (Å²) in [7, 11) is 1.81. The number of amides is 1. The average molecular weight is 392 g/mol. The summed E-state index contributed by atoms with van der Waals surface area (Å²) in [4.78, 5) is 20.7. The highest BCUT2D eigenvalue weighted by Gasteiger charge is 2.17. The molecule has 0 saturated carbocycles. The van der Waals surface area contributed by atoms with Crippen LogP contribution in [-0.4, -0.2) is 44.6 Å². The van der Waals surface area contributed by atoms with Crippen molar-refractivity contribution in [2.24, 2.45) is 7.05 Å². The molecule has 0 spiro atoms. The Kier molecular flexibility index (Phi) is 4.56. The smallest absolute Gasteiger partial charge is 0.234 e. The number of rotatable bonds is 4. The summed E-state index contributed by atoms with van der Waals surface area (Å²) in [6.07, 6.45) is 3.15. The Hall–Kier alpha value is -2.52. The maximum absolute atomic E-state index is 12.3. The van der Waals surface area contributed by atoms with Crippen LogP contribution in [0.15, 0.2) is 29.7 Å². The molecule has 26 heavy (non-hydrogen) atoms. The molecule has 10 heteroatoms. The molecular weight excluding hydrogens is 378 g/mol. The molecule has 0 fully saturated rings. The van der Waals surface area contributed by atoms with Crippen molar-refractivity contribution >= 4 is 46.0 Å². The van der Waals surface area contributed by atoms with E-state index in [1.165, 1.54) is 18.1 Å². The predicted octanol–water partition coefficient (Wildman–Crippen LogP) is 2.52. The first-order chi connectivity index (χ1) is 12.6. The summed E-state index contributed by atoms with van der Waals surface area (Å²) >= 11 is 7.52. The lowest BCUT2D eigenvalue weighted by molar-refractivity contribution is -0.113. The van der Waals surface area contributed by atoms with Crippen LogP contribution in [0.25, 0.3) is 11.0 Å². The maximum atomic E-state index is 12.3. The molecule has 0 aliphatic carbocycles. The van der Waals surface area contributed by atoms with E-state index < -0.39 is 0 Å². The molecule has 134 valence electrons. The Bertz CT molecular complexity index is 993. The summed E-state index contributed by atoms with van der Waals surface area (Å²) < 4.78 is 12.6. The molecule has 2 aromatic heterocycles. The summed E-state index contributed by atoms with van der Waals surface area (Å²) in [6.45, 7) is 0.945. The second kappa shape index (κ2) is 7.00. The molecule has 1 N–H and O–H groups in total. The molecule has 0 radical (unpaired) electrons.